The molecule has 0 saturated heterocycles. The number of halogens is 2. The molecule has 0 unspecified atom stereocenters. The minimum Gasteiger partial charge on any atom is -0.459 e. The Hall–Kier alpha value is -2.90. The number of ether oxygens (including phenoxy) is 1. The van der Waals surface area contributed by atoms with E-state index in [2.05, 4.69) is 17.1 Å². The van der Waals surface area contributed by atoms with Crippen molar-refractivity contribution in [1.29, 1.82) is 0 Å². The van der Waals surface area contributed by atoms with Crippen molar-refractivity contribution in [3.05, 3.63) is 69.5 Å². The van der Waals surface area contributed by atoms with Gasteiger partial charge in [-0.05, 0) is 55.2 Å². The number of esters is 1. The normalized spacial score (nSPS) is 11.0. The number of aryl methyl sites for hydroxylation is 1. The zero-order valence-corrected chi connectivity index (χ0v) is 25.7. The topological polar surface area (TPSA) is 85.5 Å². The summed E-state index contributed by atoms with van der Waals surface area (Å²) in [6.07, 6.45) is 12.8. The van der Waals surface area contributed by atoms with Gasteiger partial charge in [0.05, 0.1) is 16.7 Å². The fourth-order valence-corrected chi connectivity index (χ4v) is 4.89. The van der Waals surface area contributed by atoms with Crippen LogP contribution in [0.4, 0.5) is 0 Å². The molecule has 0 aliphatic rings. The largest absolute Gasteiger partial charge is 0.459 e. The highest BCUT2D eigenvalue weighted by molar-refractivity contribution is 6.42. The lowest BCUT2D eigenvalue weighted by Crippen LogP contribution is -2.38. The number of rotatable bonds is 17. The number of hydrogen-bond donors (Lipinski definition) is 0. The summed E-state index contributed by atoms with van der Waals surface area (Å²) < 4.78 is 10.5. The van der Waals surface area contributed by atoms with Crippen molar-refractivity contribution in [2.75, 3.05) is 13.2 Å². The Labute approximate surface area is 253 Å². The zero-order valence-electron chi connectivity index (χ0n) is 24.2. The van der Waals surface area contributed by atoms with E-state index in [0.29, 0.717) is 28.9 Å². The third-order valence-corrected chi connectivity index (χ3v) is 7.68. The summed E-state index contributed by atoms with van der Waals surface area (Å²) in [6, 6.07) is 12.9. The highest BCUT2D eigenvalue weighted by Gasteiger charge is 2.23. The Morgan fingerprint density at radius 2 is 1.49 bits per heavy atom. The van der Waals surface area contributed by atoms with Gasteiger partial charge in [0.1, 0.15) is 0 Å². The van der Waals surface area contributed by atoms with Gasteiger partial charge in [0.2, 0.25) is 0 Å². The number of amides is 1. The first kappa shape index (κ1) is 32.6. The van der Waals surface area contributed by atoms with Crippen LogP contribution in [0.25, 0.3) is 11.5 Å². The molecule has 3 aromatic rings. The van der Waals surface area contributed by atoms with Crippen LogP contribution < -0.4 is 0 Å². The van der Waals surface area contributed by atoms with Gasteiger partial charge in [-0.15, -0.1) is 0 Å². The summed E-state index contributed by atoms with van der Waals surface area (Å²) in [5.74, 6) is -0.361. The minimum atomic E-state index is -0.872. The lowest BCUT2D eigenvalue weighted by molar-refractivity contribution is -0.160. The van der Waals surface area contributed by atoms with Gasteiger partial charge in [-0.3, -0.25) is 4.79 Å². The van der Waals surface area contributed by atoms with Gasteiger partial charge in [-0.1, -0.05) is 105 Å². The van der Waals surface area contributed by atoms with Gasteiger partial charge in [-0.2, -0.15) is 4.98 Å². The molecule has 2 aromatic carbocycles. The maximum absolute atomic E-state index is 12.8. The summed E-state index contributed by atoms with van der Waals surface area (Å²) in [6.45, 7) is 4.60. The fourth-order valence-electron chi connectivity index (χ4n) is 4.57. The van der Waals surface area contributed by atoms with E-state index in [1.165, 1.54) is 56.3 Å². The Morgan fingerprint density at radius 1 is 0.829 bits per heavy atom. The lowest BCUT2D eigenvalue weighted by Gasteiger charge is -2.22. The number of nitrogens with zero attached hydrogens (tertiary/aromatic N) is 3. The van der Waals surface area contributed by atoms with Gasteiger partial charge in [0, 0.05) is 25.1 Å². The van der Waals surface area contributed by atoms with E-state index in [9.17, 15) is 9.59 Å². The van der Waals surface area contributed by atoms with Crippen LogP contribution >= 0.6 is 23.2 Å². The molecule has 7 nitrogen and oxygen atoms in total. The van der Waals surface area contributed by atoms with E-state index in [0.717, 1.165) is 35.4 Å². The van der Waals surface area contributed by atoms with E-state index in [1.807, 2.05) is 30.3 Å². The highest BCUT2D eigenvalue weighted by Crippen LogP contribution is 2.23. The summed E-state index contributed by atoms with van der Waals surface area (Å²) in [5.41, 5.74) is 2.57. The van der Waals surface area contributed by atoms with Gasteiger partial charge >= 0.3 is 11.9 Å². The second-order valence-electron chi connectivity index (χ2n) is 10.2. The van der Waals surface area contributed by atoms with Crippen molar-refractivity contribution in [3.8, 4) is 11.5 Å². The zero-order chi connectivity index (χ0) is 29.5. The molecule has 3 rings (SSSR count). The Balaban J connectivity index is 1.53. The Morgan fingerprint density at radius 3 is 2.15 bits per heavy atom. The molecule has 0 spiro atoms. The molecule has 0 aliphatic carbocycles. The number of carbonyl (C=O) groups is 2. The minimum absolute atomic E-state index is 0.130. The van der Waals surface area contributed by atoms with Crippen LogP contribution in [0.1, 0.15) is 88.6 Å². The number of unbranched alkanes of at least 4 members (excludes halogenated alkanes) is 8. The molecule has 0 radical (unpaired) electrons. The van der Waals surface area contributed by atoms with Crippen LogP contribution in [0.3, 0.4) is 0 Å². The van der Waals surface area contributed by atoms with Crippen molar-refractivity contribution >= 4 is 35.1 Å². The number of benzene rings is 2. The first-order valence-electron chi connectivity index (χ1n) is 14.7. The Bertz CT molecular complexity index is 1230. The summed E-state index contributed by atoms with van der Waals surface area (Å²) in [7, 11) is 0. The van der Waals surface area contributed by atoms with Crippen LogP contribution in [0, 0.1) is 0 Å². The van der Waals surface area contributed by atoms with Crippen LogP contribution in [-0.4, -0.2) is 40.1 Å². The summed E-state index contributed by atoms with van der Waals surface area (Å²) >= 11 is 12.2. The van der Waals surface area contributed by atoms with Gasteiger partial charge in [-0.25, -0.2) is 4.79 Å². The maximum atomic E-state index is 12.8. The first-order chi connectivity index (χ1) is 19.9. The average molecular weight is 603 g/mol. The summed E-state index contributed by atoms with van der Waals surface area (Å²) in [4.78, 5) is 31.1. The molecule has 1 amide bonds. The number of carbonyl (C=O) groups excluding carboxylic acids is 2. The van der Waals surface area contributed by atoms with Crippen molar-refractivity contribution < 1.29 is 18.8 Å². The molecular weight excluding hydrogens is 561 g/mol. The van der Waals surface area contributed by atoms with Crippen LogP contribution in [-0.2, 0) is 33.7 Å². The molecule has 0 bridgehead atoms. The fraction of sp³-hybridized carbons (Fsp3) is 0.500. The molecule has 0 atom stereocenters. The Kier molecular flexibility index (Phi) is 14.2. The molecule has 0 N–H and O–H groups in total. The number of hydrogen-bond acceptors (Lipinski definition) is 6. The molecule has 1 heterocycles. The molecular formula is C32H41Cl2N3O4. The monoisotopic (exact) mass is 601 g/mol. The first-order valence-corrected chi connectivity index (χ1v) is 15.5. The second kappa shape index (κ2) is 17.8. The highest BCUT2D eigenvalue weighted by atomic mass is 35.5. The van der Waals surface area contributed by atoms with Crippen LogP contribution in [0.2, 0.25) is 10.0 Å². The molecule has 0 aliphatic heterocycles. The smallest absolute Gasteiger partial charge is 0.397 e. The van der Waals surface area contributed by atoms with Crippen molar-refractivity contribution in [3.63, 3.8) is 0 Å². The molecule has 9 heteroatoms. The molecule has 41 heavy (non-hydrogen) atoms. The van der Waals surface area contributed by atoms with Gasteiger partial charge < -0.3 is 14.2 Å². The predicted molar refractivity (Wildman–Crippen MR) is 163 cm³/mol. The number of aromatic nitrogens is 2. The SMILES string of the molecule is CCCCCCCCCCCc1noc(-c2ccc(CN(CCc3ccc(Cl)c(Cl)c3)C(=O)C(=O)OCC)cc2)n1. The molecule has 0 saturated carbocycles. The lowest BCUT2D eigenvalue weighted by atomic mass is 10.1. The standard InChI is InChI=1S/C32H41Cl2N3O4/c1-3-5-6-7-8-9-10-11-12-13-29-35-30(41-36-29)26-17-14-25(15-18-26)23-37(31(38)32(39)40-4-2)21-20-24-16-19-27(33)28(34)22-24/h14-19,22H,3-13,20-21,23H2,1-2H3. The molecule has 1 aromatic heterocycles. The maximum Gasteiger partial charge on any atom is 0.397 e. The third-order valence-electron chi connectivity index (χ3n) is 6.94. The van der Waals surface area contributed by atoms with E-state index in [1.54, 1.807) is 19.1 Å². The van der Waals surface area contributed by atoms with Gasteiger partial charge in [0.15, 0.2) is 5.82 Å². The average Bonchev–Trinajstić information content (AvgIpc) is 3.45. The molecule has 0 fully saturated rings. The predicted octanol–water partition coefficient (Wildman–Crippen LogP) is 8.25. The second-order valence-corrected chi connectivity index (χ2v) is 11.1. The molecule has 222 valence electrons. The van der Waals surface area contributed by atoms with E-state index < -0.39 is 11.9 Å². The van der Waals surface area contributed by atoms with Crippen LogP contribution in [0.5, 0.6) is 0 Å². The van der Waals surface area contributed by atoms with Crippen LogP contribution in [0.15, 0.2) is 47.0 Å². The van der Waals surface area contributed by atoms with Crippen molar-refractivity contribution in [1.82, 2.24) is 15.0 Å². The van der Waals surface area contributed by atoms with E-state index >= 15 is 0 Å². The van der Waals surface area contributed by atoms with E-state index in [-0.39, 0.29) is 13.2 Å². The quantitative estimate of drug-likeness (QED) is 0.0879. The summed E-state index contributed by atoms with van der Waals surface area (Å²) in [5, 5.41) is 5.06. The van der Waals surface area contributed by atoms with Gasteiger partial charge in [0.25, 0.3) is 5.89 Å². The van der Waals surface area contributed by atoms with Crippen molar-refractivity contribution in [2.24, 2.45) is 0 Å². The van der Waals surface area contributed by atoms with Crippen molar-refractivity contribution in [2.45, 2.75) is 91.0 Å². The van der Waals surface area contributed by atoms with E-state index in [4.69, 9.17) is 32.5 Å². The third kappa shape index (κ3) is 11.1.